The van der Waals surface area contributed by atoms with Crippen molar-refractivity contribution in [1.82, 2.24) is 5.32 Å². The van der Waals surface area contributed by atoms with Gasteiger partial charge in [-0.2, -0.15) is 0 Å². The Morgan fingerprint density at radius 3 is 2.32 bits per heavy atom. The van der Waals surface area contributed by atoms with E-state index in [1.165, 1.54) is 17.7 Å². The van der Waals surface area contributed by atoms with Gasteiger partial charge in [0.2, 0.25) is 0 Å². The summed E-state index contributed by atoms with van der Waals surface area (Å²) in [4.78, 5) is 25.3. The van der Waals surface area contributed by atoms with Crippen LogP contribution >= 0.6 is 0 Å². The van der Waals surface area contributed by atoms with E-state index in [9.17, 15) is 14.0 Å². The van der Waals surface area contributed by atoms with E-state index in [2.05, 4.69) is 17.4 Å². The molecule has 6 heteroatoms. The molecule has 1 aliphatic heterocycles. The van der Waals surface area contributed by atoms with Crippen LogP contribution in [0.5, 0.6) is 0 Å². The summed E-state index contributed by atoms with van der Waals surface area (Å²) in [6, 6.07) is 16.1. The van der Waals surface area contributed by atoms with E-state index >= 15 is 0 Å². The fourth-order valence-electron chi connectivity index (χ4n) is 4.63. The maximum Gasteiger partial charge on any atom is 0.408 e. The van der Waals surface area contributed by atoms with E-state index < -0.39 is 23.7 Å². The molecule has 1 saturated heterocycles. The van der Waals surface area contributed by atoms with E-state index in [-0.39, 0.29) is 23.8 Å². The third-order valence-electron chi connectivity index (χ3n) is 6.28. The van der Waals surface area contributed by atoms with Crippen molar-refractivity contribution >= 4 is 12.1 Å². The molecule has 2 aromatic rings. The summed E-state index contributed by atoms with van der Waals surface area (Å²) in [5.74, 6) is -0.400. The fourth-order valence-corrected chi connectivity index (χ4v) is 4.63. The first-order chi connectivity index (χ1) is 16.1. The molecule has 1 fully saturated rings. The molecule has 2 aromatic carbocycles. The molecule has 1 N–H and O–H groups in total. The molecule has 0 spiro atoms. The third-order valence-corrected chi connectivity index (χ3v) is 6.28. The lowest BCUT2D eigenvalue weighted by molar-refractivity contribution is -0.154. The molecule has 0 bridgehead atoms. The average Bonchev–Trinajstić information content (AvgIpc) is 2.80. The monoisotopic (exact) mass is 469 g/mol. The van der Waals surface area contributed by atoms with Gasteiger partial charge in [0.15, 0.2) is 0 Å². The third kappa shape index (κ3) is 7.86. The number of nitrogens with one attached hydrogen (secondary N) is 1. The Balaban J connectivity index is 1.80. The molecule has 34 heavy (non-hydrogen) atoms. The number of hydrogen-bond acceptors (Lipinski definition) is 4. The van der Waals surface area contributed by atoms with Gasteiger partial charge in [0.25, 0.3) is 0 Å². The van der Waals surface area contributed by atoms with Crippen molar-refractivity contribution in [2.45, 2.75) is 77.5 Å². The Morgan fingerprint density at radius 2 is 1.68 bits per heavy atom. The molecule has 0 aliphatic carbocycles. The van der Waals surface area contributed by atoms with Crippen LogP contribution in [0.2, 0.25) is 0 Å². The zero-order valence-electron chi connectivity index (χ0n) is 20.6. The minimum Gasteiger partial charge on any atom is -0.461 e. The van der Waals surface area contributed by atoms with Crippen LogP contribution in [0, 0.1) is 17.7 Å². The smallest absolute Gasteiger partial charge is 0.408 e. The molecule has 0 saturated carbocycles. The SMILES string of the molecule is CC1OC(=O)C(NC(=O)OC(C)(C)C)CCCC(Cc2ccccc2)C1Cc1ccc(F)cc1. The van der Waals surface area contributed by atoms with E-state index in [0.717, 1.165) is 24.8 Å². The maximum absolute atomic E-state index is 13.5. The number of halogens is 1. The van der Waals surface area contributed by atoms with Gasteiger partial charge in [0.1, 0.15) is 23.6 Å². The van der Waals surface area contributed by atoms with Crippen LogP contribution < -0.4 is 5.32 Å². The van der Waals surface area contributed by atoms with Crippen LogP contribution in [0.4, 0.5) is 9.18 Å². The van der Waals surface area contributed by atoms with Gasteiger partial charge >= 0.3 is 12.1 Å². The van der Waals surface area contributed by atoms with Gasteiger partial charge in [-0.05, 0) is 82.6 Å². The molecule has 184 valence electrons. The van der Waals surface area contributed by atoms with Crippen molar-refractivity contribution in [2.75, 3.05) is 0 Å². The minimum atomic E-state index is -0.751. The predicted molar refractivity (Wildman–Crippen MR) is 130 cm³/mol. The molecule has 1 aliphatic rings. The second kappa shape index (κ2) is 11.5. The van der Waals surface area contributed by atoms with E-state index in [1.54, 1.807) is 32.9 Å². The van der Waals surface area contributed by atoms with Crippen molar-refractivity contribution < 1.29 is 23.5 Å². The van der Waals surface area contributed by atoms with Crippen molar-refractivity contribution in [2.24, 2.45) is 11.8 Å². The lowest BCUT2D eigenvalue weighted by Crippen LogP contribution is -2.45. The number of esters is 1. The summed E-state index contributed by atoms with van der Waals surface area (Å²) >= 11 is 0. The van der Waals surface area contributed by atoms with Gasteiger partial charge in [-0.3, -0.25) is 0 Å². The molecular formula is C28H36FNO4. The van der Waals surface area contributed by atoms with Crippen LogP contribution in [0.25, 0.3) is 0 Å². The minimum absolute atomic E-state index is 0.0508. The van der Waals surface area contributed by atoms with Crippen molar-refractivity contribution in [3.8, 4) is 0 Å². The number of carbonyl (C=O) groups excluding carboxylic acids is 2. The largest absolute Gasteiger partial charge is 0.461 e. The van der Waals surface area contributed by atoms with Crippen LogP contribution in [0.3, 0.4) is 0 Å². The molecular weight excluding hydrogens is 433 g/mol. The number of rotatable bonds is 5. The van der Waals surface area contributed by atoms with Crippen LogP contribution in [-0.2, 0) is 27.1 Å². The zero-order valence-corrected chi connectivity index (χ0v) is 20.6. The normalized spacial score (nSPS) is 23.7. The second-order valence-corrected chi connectivity index (χ2v) is 10.2. The molecule has 0 radical (unpaired) electrons. The summed E-state index contributed by atoms with van der Waals surface area (Å²) in [7, 11) is 0. The van der Waals surface area contributed by atoms with E-state index in [4.69, 9.17) is 9.47 Å². The van der Waals surface area contributed by atoms with Gasteiger partial charge in [-0.25, -0.2) is 14.0 Å². The second-order valence-electron chi connectivity index (χ2n) is 10.2. The fraction of sp³-hybridized carbons (Fsp3) is 0.500. The number of ether oxygens (including phenoxy) is 2. The lowest BCUT2D eigenvalue weighted by atomic mass is 9.77. The number of cyclic esters (lactones) is 1. The summed E-state index contributed by atoms with van der Waals surface area (Å²) in [6.45, 7) is 7.26. The summed E-state index contributed by atoms with van der Waals surface area (Å²) in [6.07, 6.45) is 2.68. The van der Waals surface area contributed by atoms with Gasteiger partial charge in [-0.1, -0.05) is 48.9 Å². The van der Waals surface area contributed by atoms with E-state index in [1.807, 2.05) is 25.1 Å². The number of carbonyl (C=O) groups is 2. The highest BCUT2D eigenvalue weighted by atomic mass is 19.1. The Kier molecular flexibility index (Phi) is 8.70. The van der Waals surface area contributed by atoms with Gasteiger partial charge < -0.3 is 14.8 Å². The first-order valence-electron chi connectivity index (χ1n) is 12.1. The lowest BCUT2D eigenvalue weighted by Gasteiger charge is -2.31. The first-order valence-corrected chi connectivity index (χ1v) is 12.1. The molecule has 1 amide bonds. The molecule has 0 aromatic heterocycles. The van der Waals surface area contributed by atoms with Gasteiger partial charge in [-0.15, -0.1) is 0 Å². The highest BCUT2D eigenvalue weighted by Crippen LogP contribution is 2.32. The summed E-state index contributed by atoms with van der Waals surface area (Å²) in [5.41, 5.74) is 1.59. The van der Waals surface area contributed by atoms with Crippen molar-refractivity contribution in [1.29, 1.82) is 0 Å². The Hall–Kier alpha value is -2.89. The van der Waals surface area contributed by atoms with Crippen LogP contribution in [0.15, 0.2) is 54.6 Å². The maximum atomic E-state index is 13.5. The molecule has 5 nitrogen and oxygen atoms in total. The standard InChI is InChI=1S/C28H36FNO4/c1-19-24(18-21-13-15-23(29)16-14-21)22(17-20-9-6-5-7-10-20)11-8-12-25(26(31)33-19)30-27(32)34-28(2,3)4/h5-7,9-10,13-16,19,22,24-25H,8,11-12,17-18H2,1-4H3,(H,30,32). The van der Waals surface area contributed by atoms with Gasteiger partial charge in [0, 0.05) is 5.92 Å². The topological polar surface area (TPSA) is 64.6 Å². The summed E-state index contributed by atoms with van der Waals surface area (Å²) in [5, 5.41) is 2.70. The quantitative estimate of drug-likeness (QED) is 0.558. The Labute approximate surface area is 202 Å². The van der Waals surface area contributed by atoms with Gasteiger partial charge in [0.05, 0.1) is 0 Å². The average molecular weight is 470 g/mol. The zero-order chi connectivity index (χ0) is 24.7. The number of hydrogen-bond donors (Lipinski definition) is 1. The van der Waals surface area contributed by atoms with Crippen molar-refractivity contribution in [3.05, 3.63) is 71.5 Å². The predicted octanol–water partition coefficient (Wildman–Crippen LogP) is 5.85. The molecule has 1 heterocycles. The number of alkyl carbamates (subject to hydrolysis) is 1. The Bertz CT molecular complexity index is 939. The first kappa shape index (κ1) is 25.7. The van der Waals surface area contributed by atoms with Crippen molar-refractivity contribution in [3.63, 3.8) is 0 Å². The summed E-state index contributed by atoms with van der Waals surface area (Å²) < 4.78 is 24.7. The van der Waals surface area contributed by atoms with Crippen LogP contribution in [0.1, 0.15) is 58.1 Å². The van der Waals surface area contributed by atoms with E-state index in [0.29, 0.717) is 12.8 Å². The molecule has 4 unspecified atom stereocenters. The molecule has 4 atom stereocenters. The molecule has 3 rings (SSSR count). The highest BCUT2D eigenvalue weighted by Gasteiger charge is 2.35. The number of benzene rings is 2. The Morgan fingerprint density at radius 1 is 1.03 bits per heavy atom. The highest BCUT2D eigenvalue weighted by molar-refractivity contribution is 5.81. The number of amides is 1. The van der Waals surface area contributed by atoms with Crippen LogP contribution in [-0.4, -0.2) is 29.8 Å².